The number of rotatable bonds is 4. The monoisotopic (exact) mass is 253 g/mol. The van der Waals surface area contributed by atoms with Crippen LogP contribution < -0.4 is 5.32 Å². The van der Waals surface area contributed by atoms with Gasteiger partial charge in [0.2, 0.25) is 0 Å². The van der Waals surface area contributed by atoms with Crippen LogP contribution in [-0.4, -0.2) is 16.1 Å². The Kier molecular flexibility index (Phi) is 3.68. The summed E-state index contributed by atoms with van der Waals surface area (Å²) in [5, 5.41) is 7.58. The van der Waals surface area contributed by atoms with Crippen LogP contribution in [-0.2, 0) is 0 Å². The summed E-state index contributed by atoms with van der Waals surface area (Å²) in [4.78, 5) is 3.91. The first-order valence-corrected chi connectivity index (χ1v) is 6.90. The molecule has 1 atom stereocenters. The van der Waals surface area contributed by atoms with E-state index in [0.29, 0.717) is 0 Å². The van der Waals surface area contributed by atoms with Crippen LogP contribution in [0.5, 0.6) is 0 Å². The molecule has 5 heteroatoms. The maximum absolute atomic E-state index is 4.09. The Hall–Kier alpha value is -0.780. The van der Waals surface area contributed by atoms with Gasteiger partial charge in [-0.3, -0.25) is 0 Å². The van der Waals surface area contributed by atoms with Crippen LogP contribution >= 0.6 is 22.9 Å². The minimum atomic E-state index is 0.253. The third kappa shape index (κ3) is 2.31. The van der Waals surface area contributed by atoms with Gasteiger partial charge in [-0.2, -0.15) is 0 Å². The Morgan fingerprint density at radius 2 is 2.19 bits per heavy atom. The molecule has 1 N–H and O–H groups in total. The van der Waals surface area contributed by atoms with Crippen LogP contribution in [0.15, 0.2) is 12.1 Å². The average Bonchev–Trinajstić information content (AvgIpc) is 2.84. The van der Waals surface area contributed by atoms with Crippen LogP contribution in [0.4, 0.5) is 0 Å². The molecule has 0 saturated heterocycles. The molecule has 0 amide bonds. The standard InChI is InChI=1S/C11H15N3S2/c1-4-12-10(9-6-5-7(2)15-9)11-8(3)13-14-16-11/h5-6,10,12H,4H2,1-3H3. The maximum Gasteiger partial charge on any atom is 0.0800 e. The molecule has 86 valence electrons. The molecule has 0 saturated carbocycles. The number of nitrogens with zero attached hydrogens (tertiary/aromatic N) is 2. The molecule has 0 radical (unpaired) electrons. The van der Waals surface area contributed by atoms with E-state index in [2.05, 4.69) is 40.9 Å². The number of aromatic nitrogens is 2. The molecule has 0 aliphatic carbocycles. The minimum Gasteiger partial charge on any atom is -0.305 e. The largest absolute Gasteiger partial charge is 0.305 e. The van der Waals surface area contributed by atoms with E-state index in [1.54, 1.807) is 0 Å². The average molecular weight is 253 g/mol. The van der Waals surface area contributed by atoms with E-state index in [1.165, 1.54) is 26.2 Å². The van der Waals surface area contributed by atoms with Gasteiger partial charge in [0, 0.05) is 9.75 Å². The van der Waals surface area contributed by atoms with Crippen molar-refractivity contribution in [1.82, 2.24) is 14.9 Å². The summed E-state index contributed by atoms with van der Waals surface area (Å²) in [6, 6.07) is 4.60. The zero-order chi connectivity index (χ0) is 11.5. The van der Waals surface area contributed by atoms with Gasteiger partial charge in [0.15, 0.2) is 0 Å². The second kappa shape index (κ2) is 5.03. The molecule has 16 heavy (non-hydrogen) atoms. The van der Waals surface area contributed by atoms with E-state index in [9.17, 15) is 0 Å². The lowest BCUT2D eigenvalue weighted by Gasteiger charge is -2.14. The summed E-state index contributed by atoms with van der Waals surface area (Å²) in [6.07, 6.45) is 0. The Morgan fingerprint density at radius 1 is 1.38 bits per heavy atom. The van der Waals surface area contributed by atoms with Gasteiger partial charge >= 0.3 is 0 Å². The third-order valence-electron chi connectivity index (χ3n) is 2.40. The Morgan fingerprint density at radius 3 is 2.69 bits per heavy atom. The van der Waals surface area contributed by atoms with Crippen molar-refractivity contribution in [2.75, 3.05) is 6.54 Å². The Bertz CT molecular complexity index is 461. The second-order valence-electron chi connectivity index (χ2n) is 3.66. The highest BCUT2D eigenvalue weighted by atomic mass is 32.1. The topological polar surface area (TPSA) is 37.8 Å². The van der Waals surface area contributed by atoms with E-state index in [1.807, 2.05) is 18.3 Å². The molecule has 3 nitrogen and oxygen atoms in total. The third-order valence-corrected chi connectivity index (χ3v) is 4.36. The predicted molar refractivity (Wildman–Crippen MR) is 69.2 cm³/mol. The summed E-state index contributed by atoms with van der Waals surface area (Å²) >= 11 is 3.32. The SMILES string of the molecule is CCNC(c1ccc(C)s1)c1snnc1C. The number of aryl methyl sites for hydroxylation is 2. The molecule has 0 aliphatic rings. The summed E-state index contributed by atoms with van der Waals surface area (Å²) < 4.78 is 4.01. The van der Waals surface area contributed by atoms with E-state index in [-0.39, 0.29) is 6.04 Å². The predicted octanol–water partition coefficient (Wildman–Crippen LogP) is 2.92. The van der Waals surface area contributed by atoms with Crippen LogP contribution in [0.3, 0.4) is 0 Å². The van der Waals surface area contributed by atoms with Gasteiger partial charge in [-0.15, -0.1) is 16.4 Å². The molecule has 0 fully saturated rings. The first kappa shape index (κ1) is 11.7. The van der Waals surface area contributed by atoms with Gasteiger partial charge in [-0.1, -0.05) is 11.4 Å². The maximum atomic E-state index is 4.09. The zero-order valence-corrected chi connectivity index (χ0v) is 11.3. The van der Waals surface area contributed by atoms with Crippen LogP contribution in [0, 0.1) is 13.8 Å². The highest BCUT2D eigenvalue weighted by Gasteiger charge is 2.19. The molecular formula is C11H15N3S2. The number of nitrogens with one attached hydrogen (secondary N) is 1. The zero-order valence-electron chi connectivity index (χ0n) is 9.65. The normalized spacial score (nSPS) is 12.9. The molecular weight excluding hydrogens is 238 g/mol. The van der Waals surface area contributed by atoms with E-state index < -0.39 is 0 Å². The first-order chi connectivity index (χ1) is 7.72. The number of thiophene rings is 1. The number of hydrogen-bond donors (Lipinski definition) is 1. The van der Waals surface area contributed by atoms with Crippen molar-refractivity contribution in [3.05, 3.63) is 32.5 Å². The smallest absolute Gasteiger partial charge is 0.0800 e. The molecule has 1 unspecified atom stereocenters. The quantitative estimate of drug-likeness (QED) is 0.910. The summed E-state index contributed by atoms with van der Waals surface area (Å²) in [5.41, 5.74) is 1.03. The summed E-state index contributed by atoms with van der Waals surface area (Å²) in [7, 11) is 0. The molecule has 0 aromatic carbocycles. The van der Waals surface area contributed by atoms with Crippen molar-refractivity contribution in [2.45, 2.75) is 26.8 Å². The fourth-order valence-corrected chi connectivity index (χ4v) is 3.42. The molecule has 2 heterocycles. The first-order valence-electron chi connectivity index (χ1n) is 5.31. The van der Waals surface area contributed by atoms with Crippen LogP contribution in [0.25, 0.3) is 0 Å². The lowest BCUT2D eigenvalue weighted by molar-refractivity contribution is 0.644. The van der Waals surface area contributed by atoms with Crippen molar-refractivity contribution in [1.29, 1.82) is 0 Å². The van der Waals surface area contributed by atoms with Gasteiger partial charge in [0.05, 0.1) is 16.6 Å². The van der Waals surface area contributed by atoms with Crippen LogP contribution in [0.1, 0.15) is 33.3 Å². The summed E-state index contributed by atoms with van der Waals surface area (Å²) in [5.74, 6) is 0. The Labute approximate surface area is 104 Å². The van der Waals surface area contributed by atoms with Crippen molar-refractivity contribution >= 4 is 22.9 Å². The molecule has 2 aromatic rings. The van der Waals surface area contributed by atoms with Gasteiger partial charge in [-0.05, 0) is 44.1 Å². The highest BCUT2D eigenvalue weighted by Crippen LogP contribution is 2.31. The van der Waals surface area contributed by atoms with E-state index >= 15 is 0 Å². The van der Waals surface area contributed by atoms with Crippen molar-refractivity contribution in [3.63, 3.8) is 0 Å². The minimum absolute atomic E-state index is 0.253. The molecule has 2 rings (SSSR count). The van der Waals surface area contributed by atoms with Crippen molar-refractivity contribution in [3.8, 4) is 0 Å². The molecule has 0 bridgehead atoms. The second-order valence-corrected chi connectivity index (χ2v) is 5.77. The fourth-order valence-electron chi connectivity index (χ4n) is 1.64. The highest BCUT2D eigenvalue weighted by molar-refractivity contribution is 7.12. The molecule has 2 aromatic heterocycles. The molecule has 0 aliphatic heterocycles. The molecule has 0 spiro atoms. The van der Waals surface area contributed by atoms with E-state index in [4.69, 9.17) is 0 Å². The van der Waals surface area contributed by atoms with Gasteiger partial charge in [-0.25, -0.2) is 0 Å². The van der Waals surface area contributed by atoms with E-state index in [0.717, 1.165) is 12.2 Å². The number of hydrogen-bond acceptors (Lipinski definition) is 5. The van der Waals surface area contributed by atoms with Crippen molar-refractivity contribution in [2.24, 2.45) is 0 Å². The summed E-state index contributed by atoms with van der Waals surface area (Å²) in [6.45, 7) is 7.22. The van der Waals surface area contributed by atoms with Gasteiger partial charge < -0.3 is 5.32 Å². The van der Waals surface area contributed by atoms with Gasteiger partial charge in [0.25, 0.3) is 0 Å². The Balaban J connectivity index is 2.34. The fraction of sp³-hybridized carbons (Fsp3) is 0.455. The van der Waals surface area contributed by atoms with Gasteiger partial charge in [0.1, 0.15) is 0 Å². The van der Waals surface area contributed by atoms with Crippen LogP contribution in [0.2, 0.25) is 0 Å². The lowest BCUT2D eigenvalue weighted by Crippen LogP contribution is -2.20. The van der Waals surface area contributed by atoms with Crippen molar-refractivity contribution < 1.29 is 0 Å². The lowest BCUT2D eigenvalue weighted by atomic mass is 10.2.